The number of aromatic hydroxyl groups is 1. The number of aromatic carboxylic acids is 1. The normalized spacial score (nSPS) is 12.5. The number of nitrogens with two attached hydrogens (primary N) is 2. The summed E-state index contributed by atoms with van der Waals surface area (Å²) >= 11 is 0. The Morgan fingerprint density at radius 1 is 1.53 bits per heavy atom. The molecule has 0 amide bonds. The van der Waals surface area contributed by atoms with Gasteiger partial charge in [0.2, 0.25) is 0 Å². The van der Waals surface area contributed by atoms with Crippen LogP contribution in [0.3, 0.4) is 0 Å². The van der Waals surface area contributed by atoms with Crippen LogP contribution in [-0.4, -0.2) is 22.7 Å². The Labute approximate surface area is 85.1 Å². The molecule has 5 nitrogen and oxygen atoms in total. The Morgan fingerprint density at radius 2 is 2.13 bits per heavy atom. The van der Waals surface area contributed by atoms with Crippen molar-refractivity contribution in [3.63, 3.8) is 0 Å². The summed E-state index contributed by atoms with van der Waals surface area (Å²) in [5.74, 6) is -2.78. The molecule has 0 spiro atoms. The number of hydrogen-bond acceptors (Lipinski definition) is 4. The van der Waals surface area contributed by atoms with Crippen LogP contribution in [0.5, 0.6) is 5.75 Å². The first-order chi connectivity index (χ1) is 6.99. The summed E-state index contributed by atoms with van der Waals surface area (Å²) in [6.45, 7) is -0.0897. The number of rotatable bonds is 3. The molecule has 1 aromatic carbocycles. The largest absolute Gasteiger partial charge is 0.507 e. The molecule has 0 aliphatic heterocycles. The van der Waals surface area contributed by atoms with Crippen LogP contribution in [0, 0.1) is 5.82 Å². The number of hydrogen-bond donors (Lipinski definition) is 4. The number of carboxylic acids is 1. The quantitative estimate of drug-likeness (QED) is 0.574. The van der Waals surface area contributed by atoms with Crippen molar-refractivity contribution in [2.45, 2.75) is 6.04 Å². The number of halogens is 1. The third-order valence-electron chi connectivity index (χ3n) is 2.02. The fourth-order valence-electron chi connectivity index (χ4n) is 1.23. The Hall–Kier alpha value is -1.66. The highest BCUT2D eigenvalue weighted by Crippen LogP contribution is 2.29. The molecular formula is C9H11FN2O3. The summed E-state index contributed by atoms with van der Waals surface area (Å²) in [5.41, 5.74) is 10.0. The van der Waals surface area contributed by atoms with E-state index >= 15 is 0 Å². The highest BCUT2D eigenvalue weighted by atomic mass is 19.1. The first-order valence-electron chi connectivity index (χ1n) is 4.19. The average molecular weight is 214 g/mol. The molecule has 0 saturated carbocycles. The number of benzene rings is 1. The first kappa shape index (κ1) is 11.4. The van der Waals surface area contributed by atoms with Gasteiger partial charge in [0, 0.05) is 18.2 Å². The molecule has 0 aromatic heterocycles. The van der Waals surface area contributed by atoms with E-state index in [2.05, 4.69) is 0 Å². The van der Waals surface area contributed by atoms with E-state index in [0.717, 1.165) is 12.1 Å². The lowest BCUT2D eigenvalue weighted by atomic mass is 10.0. The van der Waals surface area contributed by atoms with Crippen molar-refractivity contribution < 1.29 is 19.4 Å². The standard InChI is InChI=1S/C9H11FN2O3/c10-5-2-1-4(9(14)15)8(13)7(5)6(12)3-11/h1-2,6,13H,3,11-12H2,(H,14,15)/t6-/m0/s1. The maximum absolute atomic E-state index is 13.2. The molecule has 0 fully saturated rings. The van der Waals surface area contributed by atoms with Crippen LogP contribution in [0.4, 0.5) is 4.39 Å². The van der Waals surface area contributed by atoms with Gasteiger partial charge in [-0.1, -0.05) is 0 Å². The molecule has 0 heterocycles. The molecule has 1 atom stereocenters. The second-order valence-corrected chi connectivity index (χ2v) is 3.00. The van der Waals surface area contributed by atoms with Crippen LogP contribution in [0.1, 0.15) is 22.0 Å². The summed E-state index contributed by atoms with van der Waals surface area (Å²) in [6.07, 6.45) is 0. The van der Waals surface area contributed by atoms with Gasteiger partial charge in [-0.05, 0) is 12.1 Å². The van der Waals surface area contributed by atoms with Crippen LogP contribution < -0.4 is 11.5 Å². The minimum absolute atomic E-state index is 0.0897. The zero-order chi connectivity index (χ0) is 11.6. The summed E-state index contributed by atoms with van der Waals surface area (Å²) in [4.78, 5) is 10.6. The maximum atomic E-state index is 13.2. The molecule has 15 heavy (non-hydrogen) atoms. The minimum atomic E-state index is -1.35. The third-order valence-corrected chi connectivity index (χ3v) is 2.02. The lowest BCUT2D eigenvalue weighted by Gasteiger charge is -2.13. The van der Waals surface area contributed by atoms with Gasteiger partial charge in [0.25, 0.3) is 0 Å². The molecular weight excluding hydrogens is 203 g/mol. The molecule has 6 N–H and O–H groups in total. The van der Waals surface area contributed by atoms with Gasteiger partial charge in [-0.25, -0.2) is 9.18 Å². The Kier molecular flexibility index (Phi) is 3.23. The van der Waals surface area contributed by atoms with Crippen molar-refractivity contribution in [3.8, 4) is 5.75 Å². The molecule has 0 unspecified atom stereocenters. The molecule has 0 aliphatic rings. The zero-order valence-electron chi connectivity index (χ0n) is 7.77. The highest BCUT2D eigenvalue weighted by Gasteiger charge is 2.20. The number of carboxylic acid groups (broad SMARTS) is 1. The number of carbonyl (C=O) groups is 1. The van der Waals surface area contributed by atoms with Crippen LogP contribution in [0.2, 0.25) is 0 Å². The molecule has 1 rings (SSSR count). The van der Waals surface area contributed by atoms with Crippen molar-refractivity contribution >= 4 is 5.97 Å². The molecule has 0 bridgehead atoms. The molecule has 0 saturated heterocycles. The minimum Gasteiger partial charge on any atom is -0.507 e. The van der Waals surface area contributed by atoms with E-state index in [0.29, 0.717) is 0 Å². The van der Waals surface area contributed by atoms with Gasteiger partial charge < -0.3 is 21.7 Å². The molecule has 0 radical (unpaired) electrons. The lowest BCUT2D eigenvalue weighted by molar-refractivity contribution is 0.0693. The fraction of sp³-hybridized carbons (Fsp3) is 0.222. The first-order valence-corrected chi connectivity index (χ1v) is 4.19. The summed E-state index contributed by atoms with van der Waals surface area (Å²) in [6, 6.07) is 0.984. The van der Waals surface area contributed by atoms with E-state index in [1.165, 1.54) is 0 Å². The Bertz CT molecular complexity index is 395. The van der Waals surface area contributed by atoms with Crippen LogP contribution >= 0.6 is 0 Å². The van der Waals surface area contributed by atoms with Crippen molar-refractivity contribution in [2.75, 3.05) is 6.54 Å². The van der Waals surface area contributed by atoms with Crippen LogP contribution in [0.25, 0.3) is 0 Å². The second kappa shape index (κ2) is 4.24. The van der Waals surface area contributed by atoms with Gasteiger partial charge in [0.15, 0.2) is 0 Å². The van der Waals surface area contributed by atoms with Gasteiger partial charge in [0.05, 0.1) is 0 Å². The van der Waals surface area contributed by atoms with Gasteiger partial charge in [0.1, 0.15) is 17.1 Å². The van der Waals surface area contributed by atoms with Crippen molar-refractivity contribution in [1.82, 2.24) is 0 Å². The number of phenols is 1. The van der Waals surface area contributed by atoms with E-state index in [-0.39, 0.29) is 12.1 Å². The summed E-state index contributed by atoms with van der Waals surface area (Å²) in [7, 11) is 0. The monoisotopic (exact) mass is 214 g/mol. The van der Waals surface area contributed by atoms with Gasteiger partial charge in [-0.2, -0.15) is 0 Å². The summed E-state index contributed by atoms with van der Waals surface area (Å²) < 4.78 is 13.2. The van der Waals surface area contributed by atoms with Gasteiger partial charge in [-0.15, -0.1) is 0 Å². The topological polar surface area (TPSA) is 110 Å². The van der Waals surface area contributed by atoms with Gasteiger partial charge in [-0.3, -0.25) is 0 Å². The molecule has 6 heteroatoms. The summed E-state index contributed by atoms with van der Waals surface area (Å²) in [5, 5.41) is 18.2. The van der Waals surface area contributed by atoms with E-state index in [1.807, 2.05) is 0 Å². The Balaban J connectivity index is 3.36. The maximum Gasteiger partial charge on any atom is 0.339 e. The SMILES string of the molecule is NC[C@H](N)c1c(F)ccc(C(=O)O)c1O. The van der Waals surface area contributed by atoms with E-state index in [1.54, 1.807) is 0 Å². The second-order valence-electron chi connectivity index (χ2n) is 3.00. The predicted molar refractivity (Wildman–Crippen MR) is 51.0 cm³/mol. The molecule has 0 aliphatic carbocycles. The van der Waals surface area contributed by atoms with E-state index in [9.17, 15) is 14.3 Å². The zero-order valence-corrected chi connectivity index (χ0v) is 7.77. The van der Waals surface area contributed by atoms with Crippen molar-refractivity contribution in [1.29, 1.82) is 0 Å². The Morgan fingerprint density at radius 3 is 2.60 bits per heavy atom. The molecule has 1 aromatic rings. The highest BCUT2D eigenvalue weighted by molar-refractivity contribution is 5.91. The van der Waals surface area contributed by atoms with Crippen molar-refractivity contribution in [2.24, 2.45) is 11.5 Å². The van der Waals surface area contributed by atoms with Crippen molar-refractivity contribution in [3.05, 3.63) is 29.1 Å². The molecule has 82 valence electrons. The van der Waals surface area contributed by atoms with E-state index < -0.39 is 29.1 Å². The van der Waals surface area contributed by atoms with Crippen LogP contribution in [0.15, 0.2) is 12.1 Å². The predicted octanol–water partition coefficient (Wildman–Crippen LogP) is 0.188. The van der Waals surface area contributed by atoms with Gasteiger partial charge >= 0.3 is 5.97 Å². The lowest BCUT2D eigenvalue weighted by Crippen LogP contribution is -2.22. The smallest absolute Gasteiger partial charge is 0.339 e. The average Bonchev–Trinajstić information content (AvgIpc) is 2.16. The van der Waals surface area contributed by atoms with E-state index in [4.69, 9.17) is 16.6 Å². The third kappa shape index (κ3) is 2.05. The van der Waals surface area contributed by atoms with Crippen LogP contribution in [-0.2, 0) is 0 Å². The fourth-order valence-corrected chi connectivity index (χ4v) is 1.23.